The number of hydrogen-bond donors (Lipinski definition) is 1. The lowest BCUT2D eigenvalue weighted by Crippen LogP contribution is -2.30. The average Bonchev–Trinajstić information content (AvgIpc) is 2.86. The maximum Gasteiger partial charge on any atom is 0.433 e. The zero-order valence-corrected chi connectivity index (χ0v) is 13.5. The second-order valence-electron chi connectivity index (χ2n) is 4.89. The number of alkyl halides is 3. The minimum absolute atomic E-state index is 0. The van der Waals surface area contributed by atoms with Gasteiger partial charge in [-0.25, -0.2) is 0 Å². The molecule has 2 heterocycles. The van der Waals surface area contributed by atoms with Crippen LogP contribution in [0, 0.1) is 5.92 Å². The average molecular weight is 360 g/mol. The van der Waals surface area contributed by atoms with Crippen molar-refractivity contribution in [2.24, 2.45) is 5.92 Å². The van der Waals surface area contributed by atoms with Crippen molar-refractivity contribution in [2.75, 3.05) is 26.7 Å². The molecule has 0 radical (unpaired) electrons. The molecule has 9 heteroatoms. The Morgan fingerprint density at radius 3 is 2.59 bits per heavy atom. The molecule has 1 aliphatic rings. The molecule has 1 atom stereocenters. The van der Waals surface area contributed by atoms with E-state index in [1.807, 2.05) is 7.05 Å². The Balaban J connectivity index is 0.00000220. The van der Waals surface area contributed by atoms with Crippen molar-refractivity contribution in [3.8, 4) is 0 Å². The predicted molar refractivity (Wildman–Crippen MR) is 81.7 cm³/mol. The van der Waals surface area contributed by atoms with Crippen LogP contribution >= 0.6 is 24.8 Å². The Morgan fingerprint density at radius 2 is 2.09 bits per heavy atom. The summed E-state index contributed by atoms with van der Waals surface area (Å²) >= 11 is 0. The first-order valence-corrected chi connectivity index (χ1v) is 6.39. The molecule has 1 aliphatic heterocycles. The molecule has 0 spiro atoms. The van der Waals surface area contributed by atoms with Crippen LogP contribution in [0.15, 0.2) is 18.3 Å². The molecule has 0 saturated carbocycles. The van der Waals surface area contributed by atoms with Crippen LogP contribution in [0.3, 0.4) is 0 Å². The summed E-state index contributed by atoms with van der Waals surface area (Å²) < 4.78 is 37.2. The number of nitrogens with zero attached hydrogens (tertiary/aromatic N) is 2. The van der Waals surface area contributed by atoms with E-state index < -0.39 is 11.9 Å². The number of rotatable bonds is 3. The van der Waals surface area contributed by atoms with E-state index in [4.69, 9.17) is 0 Å². The van der Waals surface area contributed by atoms with Crippen LogP contribution in [0.25, 0.3) is 0 Å². The number of aromatic nitrogens is 1. The largest absolute Gasteiger partial charge is 0.433 e. The highest BCUT2D eigenvalue weighted by molar-refractivity contribution is 5.94. The molecule has 4 nitrogen and oxygen atoms in total. The van der Waals surface area contributed by atoms with E-state index in [1.54, 1.807) is 4.90 Å². The van der Waals surface area contributed by atoms with E-state index in [1.165, 1.54) is 6.07 Å². The molecule has 22 heavy (non-hydrogen) atoms. The van der Waals surface area contributed by atoms with Gasteiger partial charge in [-0.15, -0.1) is 24.8 Å². The lowest BCUT2D eigenvalue weighted by molar-refractivity contribution is -0.141. The van der Waals surface area contributed by atoms with E-state index in [0.717, 1.165) is 25.2 Å². The molecule has 0 aliphatic carbocycles. The third-order valence-corrected chi connectivity index (χ3v) is 3.37. The molecule has 0 aromatic carbocycles. The van der Waals surface area contributed by atoms with Crippen molar-refractivity contribution in [1.82, 2.24) is 15.2 Å². The fraction of sp³-hybridized carbons (Fsp3) is 0.538. The standard InChI is InChI=1S/C13H16F3N3O.2ClH/c1-17-6-9-4-5-19(8-9)12(20)10-2-3-11(18-7-10)13(14,15)16;;/h2-3,7,9,17H,4-6,8H2,1H3;2*1H. The van der Waals surface area contributed by atoms with Crippen LogP contribution in [-0.2, 0) is 6.18 Å². The molecule has 1 unspecified atom stereocenters. The van der Waals surface area contributed by atoms with Crippen molar-refractivity contribution in [3.63, 3.8) is 0 Å². The lowest BCUT2D eigenvalue weighted by atomic mass is 10.1. The summed E-state index contributed by atoms with van der Waals surface area (Å²) in [5.74, 6) is 0.135. The van der Waals surface area contributed by atoms with E-state index in [-0.39, 0.29) is 36.3 Å². The minimum atomic E-state index is -4.48. The Morgan fingerprint density at radius 1 is 1.41 bits per heavy atom. The number of carbonyl (C=O) groups is 1. The van der Waals surface area contributed by atoms with Crippen molar-refractivity contribution in [2.45, 2.75) is 12.6 Å². The first-order chi connectivity index (χ1) is 9.41. The van der Waals surface area contributed by atoms with Crippen molar-refractivity contribution in [3.05, 3.63) is 29.6 Å². The van der Waals surface area contributed by atoms with Crippen LogP contribution in [0.5, 0.6) is 0 Å². The Labute approximate surface area is 139 Å². The van der Waals surface area contributed by atoms with Gasteiger partial charge in [0.1, 0.15) is 5.69 Å². The molecule has 1 aromatic heterocycles. The van der Waals surface area contributed by atoms with Gasteiger partial charge < -0.3 is 10.2 Å². The lowest BCUT2D eigenvalue weighted by Gasteiger charge is -2.16. The quantitative estimate of drug-likeness (QED) is 0.902. The maximum atomic E-state index is 12.4. The number of likely N-dealkylation sites (tertiary alicyclic amines) is 1. The molecule has 1 aromatic rings. The first-order valence-electron chi connectivity index (χ1n) is 6.39. The summed E-state index contributed by atoms with van der Waals surface area (Å²) in [6.45, 7) is 2.09. The normalized spacial score (nSPS) is 17.6. The van der Waals surface area contributed by atoms with Gasteiger partial charge in [0.2, 0.25) is 0 Å². The van der Waals surface area contributed by atoms with E-state index in [0.29, 0.717) is 19.0 Å². The minimum Gasteiger partial charge on any atom is -0.338 e. The Bertz CT molecular complexity index is 482. The van der Waals surface area contributed by atoms with Gasteiger partial charge in [0.05, 0.1) is 5.56 Å². The van der Waals surface area contributed by atoms with Gasteiger partial charge in [-0.3, -0.25) is 9.78 Å². The molecule has 1 fully saturated rings. The molecule has 1 saturated heterocycles. The van der Waals surface area contributed by atoms with Crippen LogP contribution < -0.4 is 5.32 Å². The van der Waals surface area contributed by atoms with Gasteiger partial charge in [-0.2, -0.15) is 13.2 Å². The highest BCUT2D eigenvalue weighted by Crippen LogP contribution is 2.27. The van der Waals surface area contributed by atoms with Crippen molar-refractivity contribution in [1.29, 1.82) is 0 Å². The molecule has 1 N–H and O–H groups in total. The van der Waals surface area contributed by atoms with E-state index >= 15 is 0 Å². The van der Waals surface area contributed by atoms with E-state index in [9.17, 15) is 18.0 Å². The summed E-state index contributed by atoms with van der Waals surface area (Å²) in [4.78, 5) is 17.1. The second kappa shape index (κ2) is 8.55. The van der Waals surface area contributed by atoms with Crippen LogP contribution in [-0.4, -0.2) is 42.5 Å². The summed E-state index contributed by atoms with van der Waals surface area (Å²) in [5.41, 5.74) is -0.786. The third-order valence-electron chi connectivity index (χ3n) is 3.37. The number of hydrogen-bond acceptors (Lipinski definition) is 3. The Hall–Kier alpha value is -1.05. The molecule has 126 valence electrons. The number of carbonyl (C=O) groups excluding carboxylic acids is 1. The summed E-state index contributed by atoms with van der Waals surface area (Å²) in [5, 5.41) is 3.06. The van der Waals surface area contributed by atoms with Gasteiger partial charge in [0.15, 0.2) is 0 Å². The topological polar surface area (TPSA) is 45.2 Å². The second-order valence-corrected chi connectivity index (χ2v) is 4.89. The van der Waals surface area contributed by atoms with Crippen LogP contribution in [0.1, 0.15) is 22.5 Å². The number of pyridine rings is 1. The van der Waals surface area contributed by atoms with Gasteiger partial charge in [-0.05, 0) is 38.1 Å². The molecular weight excluding hydrogens is 342 g/mol. The van der Waals surface area contributed by atoms with Crippen LogP contribution in [0.2, 0.25) is 0 Å². The summed E-state index contributed by atoms with van der Waals surface area (Å²) in [6.07, 6.45) is -2.58. The van der Waals surface area contributed by atoms with Gasteiger partial charge in [0.25, 0.3) is 5.91 Å². The molecule has 2 rings (SSSR count). The monoisotopic (exact) mass is 359 g/mol. The highest BCUT2D eigenvalue weighted by atomic mass is 35.5. The zero-order chi connectivity index (χ0) is 14.8. The fourth-order valence-corrected chi connectivity index (χ4v) is 2.34. The third kappa shape index (κ3) is 5.00. The summed E-state index contributed by atoms with van der Waals surface area (Å²) in [7, 11) is 1.85. The van der Waals surface area contributed by atoms with Gasteiger partial charge >= 0.3 is 6.18 Å². The van der Waals surface area contributed by atoms with Gasteiger partial charge in [0, 0.05) is 19.3 Å². The smallest absolute Gasteiger partial charge is 0.338 e. The zero-order valence-electron chi connectivity index (χ0n) is 11.9. The number of nitrogens with one attached hydrogen (secondary N) is 1. The SMILES string of the molecule is CNCC1CCN(C(=O)c2ccc(C(F)(F)F)nc2)C1.Cl.Cl. The van der Waals surface area contributed by atoms with E-state index in [2.05, 4.69) is 10.3 Å². The highest BCUT2D eigenvalue weighted by Gasteiger charge is 2.33. The van der Waals surface area contributed by atoms with Crippen molar-refractivity contribution < 1.29 is 18.0 Å². The Kier molecular flexibility index (Phi) is 8.14. The predicted octanol–water partition coefficient (Wildman–Crippen LogP) is 2.63. The van der Waals surface area contributed by atoms with Gasteiger partial charge in [-0.1, -0.05) is 0 Å². The molecule has 1 amide bonds. The first kappa shape index (κ1) is 20.9. The summed E-state index contributed by atoms with van der Waals surface area (Å²) in [6, 6.07) is 2.03. The molecular formula is C13H18Cl2F3N3O. The molecule has 0 bridgehead atoms. The fourth-order valence-electron chi connectivity index (χ4n) is 2.34. The number of halogens is 5. The van der Waals surface area contributed by atoms with Crippen LogP contribution in [0.4, 0.5) is 13.2 Å². The van der Waals surface area contributed by atoms with Crippen molar-refractivity contribution >= 4 is 30.7 Å². The maximum absolute atomic E-state index is 12.4. The number of amides is 1.